The topological polar surface area (TPSA) is 112 Å². The highest BCUT2D eigenvalue weighted by Crippen LogP contribution is 1.95. The van der Waals surface area contributed by atoms with Gasteiger partial charge in [-0.2, -0.15) is 0 Å². The summed E-state index contributed by atoms with van der Waals surface area (Å²) in [5.41, 5.74) is 0. The Balaban J connectivity index is 0.00000625. The van der Waals surface area contributed by atoms with Crippen molar-refractivity contribution in [2.45, 2.75) is 19.3 Å². The number of ether oxygens (including phenoxy) is 1. The standard InChI is InChI=1S/C16H31N5O4.ClH/c1-25-16(24)12-20-14(22)11-19-15(23)13-21-9-3-7-17-5-2-6-18-8-4-10-21;/h17-18H,2-13H2,1H3,(H,19,23)(H,20,22);1H. The van der Waals surface area contributed by atoms with Gasteiger partial charge in [0, 0.05) is 0 Å². The minimum absolute atomic E-state index is 0. The van der Waals surface area contributed by atoms with Crippen LogP contribution in [0.4, 0.5) is 0 Å². The van der Waals surface area contributed by atoms with Crippen LogP contribution < -0.4 is 21.3 Å². The summed E-state index contributed by atoms with van der Waals surface area (Å²) in [6, 6.07) is 0. The number of methoxy groups -OCH3 is 1. The van der Waals surface area contributed by atoms with Gasteiger partial charge in [0.25, 0.3) is 0 Å². The summed E-state index contributed by atoms with van der Waals surface area (Å²) >= 11 is 0. The lowest BCUT2D eigenvalue weighted by Gasteiger charge is -2.22. The summed E-state index contributed by atoms with van der Waals surface area (Å²) in [5, 5.41) is 11.7. The van der Waals surface area contributed by atoms with Crippen LogP contribution in [0.5, 0.6) is 0 Å². The molecule has 4 N–H and O–H groups in total. The van der Waals surface area contributed by atoms with Crippen molar-refractivity contribution < 1.29 is 19.1 Å². The van der Waals surface area contributed by atoms with E-state index in [2.05, 4.69) is 30.9 Å². The highest BCUT2D eigenvalue weighted by Gasteiger charge is 2.12. The van der Waals surface area contributed by atoms with Crippen molar-refractivity contribution in [3.63, 3.8) is 0 Å². The number of carbonyl (C=O) groups is 3. The van der Waals surface area contributed by atoms with Gasteiger partial charge in [-0.25, -0.2) is 0 Å². The first kappa shape index (κ1) is 24.6. The van der Waals surface area contributed by atoms with E-state index in [9.17, 15) is 14.4 Å². The molecule has 0 bridgehead atoms. The van der Waals surface area contributed by atoms with E-state index >= 15 is 0 Å². The van der Waals surface area contributed by atoms with Crippen molar-refractivity contribution in [3.05, 3.63) is 0 Å². The van der Waals surface area contributed by atoms with E-state index in [4.69, 9.17) is 0 Å². The molecular formula is C16H32ClN5O4. The SMILES string of the molecule is COC(=O)CNC(=O)CNC(=O)CN1CCCNCCCNCCC1.Cl. The van der Waals surface area contributed by atoms with E-state index in [1.54, 1.807) is 0 Å². The van der Waals surface area contributed by atoms with Crippen LogP contribution in [0.1, 0.15) is 19.3 Å². The fraction of sp³-hybridized carbons (Fsp3) is 0.812. The molecule has 0 atom stereocenters. The molecule has 1 aliphatic rings. The highest BCUT2D eigenvalue weighted by atomic mass is 35.5. The lowest BCUT2D eigenvalue weighted by Crippen LogP contribution is -2.44. The number of hydrogen-bond donors (Lipinski definition) is 4. The fourth-order valence-corrected chi connectivity index (χ4v) is 2.46. The van der Waals surface area contributed by atoms with Gasteiger partial charge in [-0.3, -0.25) is 19.3 Å². The number of esters is 1. The van der Waals surface area contributed by atoms with Gasteiger partial charge in [-0.1, -0.05) is 0 Å². The largest absolute Gasteiger partial charge is 0.468 e. The number of halogens is 1. The summed E-state index contributed by atoms with van der Waals surface area (Å²) in [6.07, 6.45) is 3.10. The van der Waals surface area contributed by atoms with Gasteiger partial charge >= 0.3 is 5.97 Å². The third kappa shape index (κ3) is 12.9. The number of nitrogens with one attached hydrogen (secondary N) is 4. The molecule has 1 saturated heterocycles. The van der Waals surface area contributed by atoms with Crippen molar-refractivity contribution >= 4 is 30.2 Å². The smallest absolute Gasteiger partial charge is 0.325 e. The van der Waals surface area contributed by atoms with Crippen molar-refractivity contribution in [2.75, 3.05) is 66.0 Å². The summed E-state index contributed by atoms with van der Waals surface area (Å²) in [6.45, 7) is 5.50. The number of hydrogen-bond acceptors (Lipinski definition) is 7. The zero-order valence-corrected chi connectivity index (χ0v) is 16.3. The number of nitrogens with zero attached hydrogens (tertiary/aromatic N) is 1. The van der Waals surface area contributed by atoms with Gasteiger partial charge in [0.15, 0.2) is 0 Å². The average Bonchev–Trinajstić information content (AvgIpc) is 2.60. The molecule has 26 heavy (non-hydrogen) atoms. The maximum Gasteiger partial charge on any atom is 0.325 e. The second kappa shape index (κ2) is 15.8. The van der Waals surface area contributed by atoms with Crippen LogP contribution in [0.3, 0.4) is 0 Å². The van der Waals surface area contributed by atoms with Gasteiger partial charge in [0.05, 0.1) is 20.2 Å². The molecule has 1 fully saturated rings. The number of carbonyl (C=O) groups excluding carboxylic acids is 3. The Morgan fingerprint density at radius 2 is 1.42 bits per heavy atom. The maximum atomic E-state index is 12.0. The zero-order chi connectivity index (χ0) is 18.3. The summed E-state index contributed by atoms with van der Waals surface area (Å²) in [7, 11) is 1.25. The molecule has 10 heteroatoms. The lowest BCUT2D eigenvalue weighted by molar-refractivity contribution is -0.141. The predicted molar refractivity (Wildman–Crippen MR) is 101 cm³/mol. The molecule has 2 amide bonds. The Morgan fingerprint density at radius 3 is 2.00 bits per heavy atom. The Labute approximate surface area is 161 Å². The fourth-order valence-electron chi connectivity index (χ4n) is 2.46. The molecule has 0 aromatic carbocycles. The quantitative estimate of drug-likeness (QED) is 0.405. The molecule has 1 aliphatic heterocycles. The van der Waals surface area contributed by atoms with Crippen LogP contribution in [0.2, 0.25) is 0 Å². The van der Waals surface area contributed by atoms with Crippen LogP contribution in [-0.2, 0) is 19.1 Å². The van der Waals surface area contributed by atoms with Gasteiger partial charge in [-0.15, -0.1) is 12.4 Å². The minimum atomic E-state index is -0.527. The molecule has 0 aromatic rings. The van der Waals surface area contributed by atoms with Crippen LogP contribution in [0.15, 0.2) is 0 Å². The average molecular weight is 394 g/mol. The molecule has 9 nitrogen and oxygen atoms in total. The maximum absolute atomic E-state index is 12.0. The predicted octanol–water partition coefficient (Wildman–Crippen LogP) is -1.52. The monoisotopic (exact) mass is 393 g/mol. The molecule has 1 heterocycles. The molecular weight excluding hydrogens is 362 g/mol. The molecule has 152 valence electrons. The number of rotatable bonds is 6. The Morgan fingerprint density at radius 1 is 0.885 bits per heavy atom. The Hall–Kier alpha value is -1.42. The second-order valence-electron chi connectivity index (χ2n) is 5.97. The molecule has 0 saturated carbocycles. The third-order valence-corrected chi connectivity index (χ3v) is 3.83. The molecule has 1 rings (SSSR count). The van der Waals surface area contributed by atoms with E-state index < -0.39 is 11.9 Å². The lowest BCUT2D eigenvalue weighted by atomic mass is 10.3. The van der Waals surface area contributed by atoms with Gasteiger partial charge < -0.3 is 26.0 Å². The molecule has 0 unspecified atom stereocenters. The first-order valence-electron chi connectivity index (χ1n) is 8.86. The first-order valence-corrected chi connectivity index (χ1v) is 8.86. The molecule has 0 aliphatic carbocycles. The van der Waals surface area contributed by atoms with E-state index in [1.807, 2.05) is 0 Å². The van der Waals surface area contributed by atoms with Crippen molar-refractivity contribution in [3.8, 4) is 0 Å². The van der Waals surface area contributed by atoms with Gasteiger partial charge in [0.2, 0.25) is 11.8 Å². The summed E-state index contributed by atoms with van der Waals surface area (Å²) in [5.74, 6) is -1.14. The van der Waals surface area contributed by atoms with Crippen LogP contribution in [-0.4, -0.2) is 88.7 Å². The molecule has 0 spiro atoms. The van der Waals surface area contributed by atoms with Gasteiger partial charge in [0.1, 0.15) is 6.54 Å². The van der Waals surface area contributed by atoms with E-state index in [-0.39, 0.29) is 37.9 Å². The van der Waals surface area contributed by atoms with Crippen molar-refractivity contribution in [1.29, 1.82) is 0 Å². The summed E-state index contributed by atoms with van der Waals surface area (Å²) < 4.78 is 4.43. The van der Waals surface area contributed by atoms with Gasteiger partial charge in [-0.05, 0) is 58.5 Å². The normalized spacial score (nSPS) is 17.0. The Bertz CT molecular complexity index is 413. The van der Waals surface area contributed by atoms with Crippen molar-refractivity contribution in [1.82, 2.24) is 26.2 Å². The molecule has 0 radical (unpaired) electrons. The molecule has 0 aromatic heterocycles. The van der Waals surface area contributed by atoms with Crippen LogP contribution in [0.25, 0.3) is 0 Å². The van der Waals surface area contributed by atoms with Crippen LogP contribution in [0, 0.1) is 0 Å². The highest BCUT2D eigenvalue weighted by molar-refractivity contribution is 5.87. The number of amides is 2. The Kier molecular flexibility index (Phi) is 14.9. The minimum Gasteiger partial charge on any atom is -0.468 e. The second-order valence-corrected chi connectivity index (χ2v) is 5.97. The van der Waals surface area contributed by atoms with Crippen LogP contribution >= 0.6 is 12.4 Å². The summed E-state index contributed by atoms with van der Waals surface area (Å²) in [4.78, 5) is 36.6. The third-order valence-electron chi connectivity index (χ3n) is 3.83. The van der Waals surface area contributed by atoms with Crippen molar-refractivity contribution in [2.24, 2.45) is 0 Å². The van der Waals surface area contributed by atoms with E-state index in [0.717, 1.165) is 58.5 Å². The zero-order valence-electron chi connectivity index (χ0n) is 15.5. The van der Waals surface area contributed by atoms with E-state index in [0.29, 0.717) is 0 Å². The van der Waals surface area contributed by atoms with E-state index in [1.165, 1.54) is 7.11 Å². The first-order chi connectivity index (χ1) is 12.1.